The second-order valence-corrected chi connectivity index (χ2v) is 5.81. The van der Waals surface area contributed by atoms with Gasteiger partial charge in [-0.25, -0.2) is 9.67 Å². The summed E-state index contributed by atoms with van der Waals surface area (Å²) in [6.07, 6.45) is 5.18. The van der Waals surface area contributed by atoms with Crippen molar-refractivity contribution in [2.75, 3.05) is 37.0 Å². The van der Waals surface area contributed by atoms with Crippen molar-refractivity contribution in [1.82, 2.24) is 35.0 Å². The van der Waals surface area contributed by atoms with E-state index >= 15 is 0 Å². The Morgan fingerprint density at radius 2 is 2.04 bits per heavy atom. The van der Waals surface area contributed by atoms with Gasteiger partial charge in [-0.3, -0.25) is 4.79 Å². The first-order valence-electron chi connectivity index (χ1n) is 7.88. The van der Waals surface area contributed by atoms with E-state index in [0.29, 0.717) is 17.7 Å². The van der Waals surface area contributed by atoms with E-state index in [1.807, 2.05) is 19.0 Å². The fraction of sp³-hybridized carbons (Fsp3) is 0.571. The van der Waals surface area contributed by atoms with Crippen molar-refractivity contribution in [2.24, 2.45) is 0 Å². The highest BCUT2D eigenvalue weighted by Gasteiger charge is 2.18. The topological polar surface area (TPSA) is 105 Å². The van der Waals surface area contributed by atoms with E-state index < -0.39 is 0 Å². The van der Waals surface area contributed by atoms with Gasteiger partial charge in [0.15, 0.2) is 5.82 Å². The van der Waals surface area contributed by atoms with Gasteiger partial charge in [0, 0.05) is 27.2 Å². The Morgan fingerprint density at radius 3 is 2.71 bits per heavy atom. The highest BCUT2D eigenvalue weighted by atomic mass is 16.2. The van der Waals surface area contributed by atoms with Crippen LogP contribution < -0.4 is 15.1 Å². The molecule has 0 aromatic carbocycles. The van der Waals surface area contributed by atoms with Crippen molar-refractivity contribution in [3.63, 3.8) is 0 Å². The molecule has 0 atom stereocenters. The first-order valence-corrected chi connectivity index (χ1v) is 7.88. The van der Waals surface area contributed by atoms with Crippen molar-refractivity contribution >= 4 is 17.8 Å². The average molecular weight is 331 g/mol. The molecule has 0 aliphatic carbocycles. The van der Waals surface area contributed by atoms with E-state index in [1.54, 1.807) is 0 Å². The summed E-state index contributed by atoms with van der Waals surface area (Å²) in [5.41, 5.74) is 0. The van der Waals surface area contributed by atoms with Gasteiger partial charge >= 0.3 is 0 Å². The number of hydrogen-bond donors (Lipinski definition) is 1. The third-order valence-corrected chi connectivity index (χ3v) is 3.66. The molecule has 1 saturated heterocycles. The third kappa shape index (κ3) is 3.94. The molecule has 0 spiro atoms. The van der Waals surface area contributed by atoms with Crippen molar-refractivity contribution < 1.29 is 4.79 Å². The Balaban J connectivity index is 1.68. The largest absolute Gasteiger partial charge is 0.347 e. The molecular formula is C14H21N9O. The average Bonchev–Trinajstić information content (AvgIpc) is 3.26. The number of rotatable bonds is 6. The van der Waals surface area contributed by atoms with Gasteiger partial charge in [0.1, 0.15) is 19.2 Å². The van der Waals surface area contributed by atoms with Crippen molar-refractivity contribution in [3.05, 3.63) is 18.5 Å². The normalized spacial score (nSPS) is 14.0. The molecular weight excluding hydrogens is 310 g/mol. The molecule has 10 heteroatoms. The van der Waals surface area contributed by atoms with Crippen LogP contribution in [-0.2, 0) is 17.9 Å². The molecule has 0 unspecified atom stereocenters. The first kappa shape index (κ1) is 16.1. The standard InChI is InChI=1S/C14H21N9O/c1-21(2)13-18-11(19-14(20-13)22-5-3-4-6-22)7-16-12(24)8-23-10-15-9-17-23/h9-10H,3-8H2,1-2H3,(H,16,24). The lowest BCUT2D eigenvalue weighted by atomic mass is 10.4. The van der Waals surface area contributed by atoms with E-state index in [-0.39, 0.29) is 19.0 Å². The molecule has 2 aromatic rings. The van der Waals surface area contributed by atoms with Gasteiger partial charge in [0.2, 0.25) is 17.8 Å². The van der Waals surface area contributed by atoms with Crippen LogP contribution in [-0.4, -0.2) is 62.8 Å². The van der Waals surface area contributed by atoms with E-state index in [0.717, 1.165) is 25.9 Å². The summed E-state index contributed by atoms with van der Waals surface area (Å²) < 4.78 is 1.46. The second-order valence-electron chi connectivity index (χ2n) is 5.81. The molecule has 24 heavy (non-hydrogen) atoms. The van der Waals surface area contributed by atoms with Crippen LogP contribution in [0.2, 0.25) is 0 Å². The Labute approximate surface area is 139 Å². The number of nitrogens with one attached hydrogen (secondary N) is 1. The van der Waals surface area contributed by atoms with Gasteiger partial charge in [-0.05, 0) is 12.8 Å². The number of hydrogen-bond acceptors (Lipinski definition) is 8. The lowest BCUT2D eigenvalue weighted by molar-refractivity contribution is -0.122. The number of nitrogens with zero attached hydrogens (tertiary/aromatic N) is 8. The molecule has 1 aliphatic rings. The molecule has 1 N–H and O–H groups in total. The van der Waals surface area contributed by atoms with Gasteiger partial charge in [-0.1, -0.05) is 0 Å². The minimum absolute atomic E-state index is 0.116. The Kier molecular flexibility index (Phi) is 4.82. The minimum atomic E-state index is -0.171. The van der Waals surface area contributed by atoms with Gasteiger partial charge in [-0.15, -0.1) is 0 Å². The predicted molar refractivity (Wildman–Crippen MR) is 87.5 cm³/mol. The lowest BCUT2D eigenvalue weighted by Gasteiger charge is -2.18. The van der Waals surface area contributed by atoms with Crippen molar-refractivity contribution in [1.29, 1.82) is 0 Å². The van der Waals surface area contributed by atoms with E-state index in [4.69, 9.17) is 0 Å². The molecule has 1 fully saturated rings. The minimum Gasteiger partial charge on any atom is -0.347 e. The zero-order chi connectivity index (χ0) is 16.9. The molecule has 0 saturated carbocycles. The Hall–Kier alpha value is -2.78. The predicted octanol–water partition coefficient (Wildman–Crippen LogP) is -0.554. The highest BCUT2D eigenvalue weighted by molar-refractivity contribution is 5.75. The number of carbonyl (C=O) groups excluding carboxylic acids is 1. The summed E-state index contributed by atoms with van der Waals surface area (Å²) in [5.74, 6) is 1.64. The van der Waals surface area contributed by atoms with E-state index in [9.17, 15) is 4.79 Å². The smallest absolute Gasteiger partial charge is 0.242 e. The summed E-state index contributed by atoms with van der Waals surface area (Å²) in [6.45, 7) is 2.27. The zero-order valence-corrected chi connectivity index (χ0v) is 13.9. The van der Waals surface area contributed by atoms with Crippen LogP contribution in [0, 0.1) is 0 Å². The number of carbonyl (C=O) groups is 1. The van der Waals surface area contributed by atoms with Crippen LogP contribution in [0.25, 0.3) is 0 Å². The van der Waals surface area contributed by atoms with Crippen LogP contribution >= 0.6 is 0 Å². The van der Waals surface area contributed by atoms with Crippen LogP contribution in [0.3, 0.4) is 0 Å². The van der Waals surface area contributed by atoms with Crippen LogP contribution in [0.4, 0.5) is 11.9 Å². The van der Waals surface area contributed by atoms with Crippen LogP contribution in [0.1, 0.15) is 18.7 Å². The Bertz CT molecular complexity index is 680. The zero-order valence-electron chi connectivity index (χ0n) is 13.9. The van der Waals surface area contributed by atoms with Crippen LogP contribution in [0.5, 0.6) is 0 Å². The van der Waals surface area contributed by atoms with Crippen molar-refractivity contribution in [2.45, 2.75) is 25.9 Å². The molecule has 1 amide bonds. The second kappa shape index (κ2) is 7.20. The summed E-state index contributed by atoms with van der Waals surface area (Å²) in [4.78, 5) is 33.1. The van der Waals surface area contributed by atoms with Gasteiger partial charge in [0.05, 0.1) is 6.54 Å². The molecule has 3 rings (SSSR count). The molecule has 128 valence electrons. The fourth-order valence-corrected chi connectivity index (χ4v) is 2.43. The fourth-order valence-electron chi connectivity index (χ4n) is 2.43. The quantitative estimate of drug-likeness (QED) is 0.751. The monoisotopic (exact) mass is 331 g/mol. The van der Waals surface area contributed by atoms with Crippen LogP contribution in [0.15, 0.2) is 12.7 Å². The van der Waals surface area contributed by atoms with E-state index in [1.165, 1.54) is 17.3 Å². The number of amides is 1. The first-order chi connectivity index (χ1) is 11.6. The summed E-state index contributed by atoms with van der Waals surface area (Å²) in [7, 11) is 3.77. The molecule has 0 radical (unpaired) electrons. The molecule has 3 heterocycles. The molecule has 2 aromatic heterocycles. The summed E-state index contributed by atoms with van der Waals surface area (Å²) in [5, 5.41) is 6.71. The maximum absolute atomic E-state index is 12.0. The lowest BCUT2D eigenvalue weighted by Crippen LogP contribution is -2.29. The third-order valence-electron chi connectivity index (χ3n) is 3.66. The molecule has 1 aliphatic heterocycles. The number of anilines is 2. The maximum atomic E-state index is 12.0. The van der Waals surface area contributed by atoms with Crippen molar-refractivity contribution in [3.8, 4) is 0 Å². The Morgan fingerprint density at radius 1 is 1.25 bits per heavy atom. The SMILES string of the molecule is CN(C)c1nc(CNC(=O)Cn2cncn2)nc(N2CCCC2)n1. The summed E-state index contributed by atoms with van der Waals surface area (Å²) in [6, 6.07) is 0. The summed E-state index contributed by atoms with van der Waals surface area (Å²) >= 11 is 0. The molecule has 0 bridgehead atoms. The number of aromatic nitrogens is 6. The maximum Gasteiger partial charge on any atom is 0.242 e. The van der Waals surface area contributed by atoms with E-state index in [2.05, 4.69) is 35.3 Å². The molecule has 10 nitrogen and oxygen atoms in total. The van der Waals surface area contributed by atoms with Gasteiger partial charge in [0.25, 0.3) is 0 Å². The van der Waals surface area contributed by atoms with Gasteiger partial charge in [-0.2, -0.15) is 20.1 Å². The highest BCUT2D eigenvalue weighted by Crippen LogP contribution is 2.17. The van der Waals surface area contributed by atoms with Gasteiger partial charge < -0.3 is 15.1 Å².